The van der Waals surface area contributed by atoms with Crippen molar-refractivity contribution in [1.82, 2.24) is 4.98 Å². The third kappa shape index (κ3) is 1.80. The summed E-state index contributed by atoms with van der Waals surface area (Å²) in [6.45, 7) is 4.60. The number of hydrogen-bond donors (Lipinski definition) is 1. The number of oxazole rings is 1. The molecular formula is C8H14N2O. The third-order valence-corrected chi connectivity index (χ3v) is 1.61. The highest BCUT2D eigenvalue weighted by molar-refractivity contribution is 5.08. The molecule has 0 aliphatic heterocycles. The van der Waals surface area contributed by atoms with Gasteiger partial charge in [-0.3, -0.25) is 0 Å². The van der Waals surface area contributed by atoms with Gasteiger partial charge in [0.2, 0.25) is 0 Å². The van der Waals surface area contributed by atoms with E-state index in [1.165, 1.54) is 0 Å². The van der Waals surface area contributed by atoms with E-state index < -0.39 is 0 Å². The smallest absolute Gasteiger partial charge is 0.194 e. The fourth-order valence-corrected chi connectivity index (χ4v) is 1.00. The summed E-state index contributed by atoms with van der Waals surface area (Å²) in [6, 6.07) is 0. The summed E-state index contributed by atoms with van der Waals surface area (Å²) >= 11 is 0. The standard InChI is InChI=1S/C8H14N2O/c1-3-8-10-6(2)7(11-8)4-5-9/h3-5,9H2,1-2H3. The summed E-state index contributed by atoms with van der Waals surface area (Å²) in [4.78, 5) is 4.23. The Hall–Kier alpha value is -0.830. The molecular weight excluding hydrogens is 140 g/mol. The maximum Gasteiger partial charge on any atom is 0.194 e. The second-order valence-electron chi connectivity index (χ2n) is 2.51. The van der Waals surface area contributed by atoms with Crippen molar-refractivity contribution in [3.05, 3.63) is 17.3 Å². The van der Waals surface area contributed by atoms with E-state index in [1.54, 1.807) is 0 Å². The van der Waals surface area contributed by atoms with E-state index in [0.29, 0.717) is 6.54 Å². The number of aromatic nitrogens is 1. The van der Waals surface area contributed by atoms with Gasteiger partial charge in [0.1, 0.15) is 5.76 Å². The molecule has 3 nitrogen and oxygen atoms in total. The van der Waals surface area contributed by atoms with Crippen molar-refractivity contribution in [2.75, 3.05) is 6.54 Å². The van der Waals surface area contributed by atoms with Crippen molar-refractivity contribution >= 4 is 0 Å². The highest BCUT2D eigenvalue weighted by atomic mass is 16.4. The van der Waals surface area contributed by atoms with Gasteiger partial charge < -0.3 is 10.2 Å². The molecule has 0 amide bonds. The van der Waals surface area contributed by atoms with Gasteiger partial charge in [0.25, 0.3) is 0 Å². The van der Waals surface area contributed by atoms with Crippen LogP contribution in [0.2, 0.25) is 0 Å². The topological polar surface area (TPSA) is 52.0 Å². The molecule has 0 radical (unpaired) electrons. The van der Waals surface area contributed by atoms with Crippen LogP contribution in [0.15, 0.2) is 4.42 Å². The Balaban J connectivity index is 2.79. The van der Waals surface area contributed by atoms with Crippen molar-refractivity contribution in [3.8, 4) is 0 Å². The average Bonchev–Trinajstić information content (AvgIpc) is 2.33. The van der Waals surface area contributed by atoms with Crippen LogP contribution in [0.4, 0.5) is 0 Å². The van der Waals surface area contributed by atoms with Gasteiger partial charge in [-0.05, 0) is 13.5 Å². The molecule has 1 aromatic heterocycles. The minimum Gasteiger partial charge on any atom is -0.445 e. The molecule has 0 saturated carbocycles. The second kappa shape index (κ2) is 3.53. The lowest BCUT2D eigenvalue weighted by Gasteiger charge is -1.90. The van der Waals surface area contributed by atoms with E-state index in [2.05, 4.69) is 4.98 Å². The Morgan fingerprint density at radius 2 is 2.27 bits per heavy atom. The fourth-order valence-electron chi connectivity index (χ4n) is 1.00. The van der Waals surface area contributed by atoms with Crippen molar-refractivity contribution in [2.24, 2.45) is 5.73 Å². The van der Waals surface area contributed by atoms with Crippen LogP contribution in [-0.4, -0.2) is 11.5 Å². The molecule has 0 bridgehead atoms. The van der Waals surface area contributed by atoms with Gasteiger partial charge in [-0.1, -0.05) is 6.92 Å². The zero-order chi connectivity index (χ0) is 8.27. The van der Waals surface area contributed by atoms with Gasteiger partial charge in [-0.25, -0.2) is 4.98 Å². The first-order chi connectivity index (χ1) is 5.27. The number of nitrogens with two attached hydrogens (primary N) is 1. The Morgan fingerprint density at radius 3 is 2.73 bits per heavy atom. The molecule has 0 saturated heterocycles. The zero-order valence-electron chi connectivity index (χ0n) is 7.05. The van der Waals surface area contributed by atoms with Gasteiger partial charge in [-0.2, -0.15) is 0 Å². The summed E-state index contributed by atoms with van der Waals surface area (Å²) in [5.41, 5.74) is 6.37. The predicted octanol–water partition coefficient (Wildman–Crippen LogP) is 1.05. The van der Waals surface area contributed by atoms with Gasteiger partial charge in [0, 0.05) is 12.8 Å². The van der Waals surface area contributed by atoms with Crippen LogP contribution < -0.4 is 5.73 Å². The average molecular weight is 154 g/mol. The number of hydrogen-bond acceptors (Lipinski definition) is 3. The molecule has 0 aromatic carbocycles. The Kier molecular flexibility index (Phi) is 2.65. The Morgan fingerprint density at radius 1 is 1.55 bits per heavy atom. The van der Waals surface area contributed by atoms with Crippen LogP contribution >= 0.6 is 0 Å². The second-order valence-corrected chi connectivity index (χ2v) is 2.51. The van der Waals surface area contributed by atoms with Crippen molar-refractivity contribution in [2.45, 2.75) is 26.7 Å². The monoisotopic (exact) mass is 154 g/mol. The first-order valence-corrected chi connectivity index (χ1v) is 3.93. The van der Waals surface area contributed by atoms with E-state index >= 15 is 0 Å². The van der Waals surface area contributed by atoms with Crippen LogP contribution in [0.1, 0.15) is 24.3 Å². The molecule has 0 aliphatic carbocycles. The lowest BCUT2D eigenvalue weighted by molar-refractivity contribution is 0.460. The predicted molar refractivity (Wildman–Crippen MR) is 43.4 cm³/mol. The van der Waals surface area contributed by atoms with Crippen LogP contribution in [0, 0.1) is 6.92 Å². The lowest BCUT2D eigenvalue weighted by Crippen LogP contribution is -2.02. The molecule has 3 heteroatoms. The van der Waals surface area contributed by atoms with Crippen LogP contribution in [0.3, 0.4) is 0 Å². The van der Waals surface area contributed by atoms with Crippen LogP contribution in [-0.2, 0) is 12.8 Å². The molecule has 2 N–H and O–H groups in total. The van der Waals surface area contributed by atoms with Gasteiger partial charge in [-0.15, -0.1) is 0 Å². The molecule has 0 spiro atoms. The summed E-state index contributed by atoms with van der Waals surface area (Å²) < 4.78 is 5.41. The van der Waals surface area contributed by atoms with Crippen molar-refractivity contribution < 1.29 is 4.42 Å². The highest BCUT2D eigenvalue weighted by Crippen LogP contribution is 2.10. The first-order valence-electron chi connectivity index (χ1n) is 3.93. The van der Waals surface area contributed by atoms with E-state index in [-0.39, 0.29) is 0 Å². The molecule has 0 unspecified atom stereocenters. The Bertz CT molecular complexity index is 230. The van der Waals surface area contributed by atoms with Crippen molar-refractivity contribution in [3.63, 3.8) is 0 Å². The zero-order valence-corrected chi connectivity index (χ0v) is 7.05. The van der Waals surface area contributed by atoms with E-state index in [0.717, 1.165) is 30.2 Å². The van der Waals surface area contributed by atoms with Crippen molar-refractivity contribution in [1.29, 1.82) is 0 Å². The number of aryl methyl sites for hydroxylation is 2. The molecule has 1 rings (SSSR count). The SMILES string of the molecule is CCc1nc(C)c(CCN)o1. The lowest BCUT2D eigenvalue weighted by atomic mass is 10.3. The molecule has 11 heavy (non-hydrogen) atoms. The summed E-state index contributed by atoms with van der Waals surface area (Å²) in [6.07, 6.45) is 1.64. The number of rotatable bonds is 3. The minimum atomic E-state index is 0.624. The summed E-state index contributed by atoms with van der Waals surface area (Å²) in [5.74, 6) is 1.75. The number of nitrogens with zero attached hydrogens (tertiary/aromatic N) is 1. The van der Waals surface area contributed by atoms with E-state index in [4.69, 9.17) is 10.2 Å². The molecule has 0 atom stereocenters. The third-order valence-electron chi connectivity index (χ3n) is 1.61. The molecule has 62 valence electrons. The summed E-state index contributed by atoms with van der Waals surface area (Å²) in [5, 5.41) is 0. The normalized spacial score (nSPS) is 10.5. The molecule has 1 aromatic rings. The molecule has 0 fully saturated rings. The van der Waals surface area contributed by atoms with Crippen LogP contribution in [0.5, 0.6) is 0 Å². The van der Waals surface area contributed by atoms with Crippen LogP contribution in [0.25, 0.3) is 0 Å². The molecule has 0 aliphatic rings. The fraction of sp³-hybridized carbons (Fsp3) is 0.625. The van der Waals surface area contributed by atoms with Gasteiger partial charge >= 0.3 is 0 Å². The largest absolute Gasteiger partial charge is 0.445 e. The van der Waals surface area contributed by atoms with Gasteiger partial charge in [0.15, 0.2) is 5.89 Å². The minimum absolute atomic E-state index is 0.624. The maximum atomic E-state index is 5.41. The first kappa shape index (κ1) is 8.27. The summed E-state index contributed by atoms with van der Waals surface area (Å²) in [7, 11) is 0. The van der Waals surface area contributed by atoms with Gasteiger partial charge in [0.05, 0.1) is 5.69 Å². The highest BCUT2D eigenvalue weighted by Gasteiger charge is 2.05. The quantitative estimate of drug-likeness (QED) is 0.707. The maximum absolute atomic E-state index is 5.41. The Labute approximate surface area is 66.6 Å². The van der Waals surface area contributed by atoms with E-state index in [9.17, 15) is 0 Å². The van der Waals surface area contributed by atoms with E-state index in [1.807, 2.05) is 13.8 Å². The molecule has 1 heterocycles.